The Morgan fingerprint density at radius 2 is 1.82 bits per heavy atom. The van der Waals surface area contributed by atoms with Gasteiger partial charge in [-0.1, -0.05) is 18.2 Å². The average Bonchev–Trinajstić information content (AvgIpc) is 2.50. The van der Waals surface area contributed by atoms with Crippen molar-refractivity contribution < 1.29 is 24.2 Å². The van der Waals surface area contributed by atoms with E-state index in [4.69, 9.17) is 9.84 Å². The molecule has 22 heavy (non-hydrogen) atoms. The zero-order valence-electron chi connectivity index (χ0n) is 13.3. The SMILES string of the molecule is COC(=O)CCN(CCO)C(=O)COc1c(C)cccc1C. The number of para-hydroxylation sites is 1. The third-order valence-corrected chi connectivity index (χ3v) is 3.28. The van der Waals surface area contributed by atoms with Crippen molar-refractivity contribution in [2.24, 2.45) is 0 Å². The van der Waals surface area contributed by atoms with Crippen LogP contribution in [0.15, 0.2) is 18.2 Å². The number of hydrogen-bond donors (Lipinski definition) is 1. The second-order valence-electron chi connectivity index (χ2n) is 4.94. The van der Waals surface area contributed by atoms with Gasteiger partial charge in [-0.15, -0.1) is 0 Å². The lowest BCUT2D eigenvalue weighted by molar-refractivity contribution is -0.142. The van der Waals surface area contributed by atoms with Gasteiger partial charge in [0.05, 0.1) is 20.1 Å². The van der Waals surface area contributed by atoms with Gasteiger partial charge in [-0.25, -0.2) is 0 Å². The second-order valence-corrected chi connectivity index (χ2v) is 4.94. The second kappa shape index (κ2) is 9.04. The number of carbonyl (C=O) groups is 2. The number of nitrogens with zero attached hydrogens (tertiary/aromatic N) is 1. The number of rotatable bonds is 8. The van der Waals surface area contributed by atoms with E-state index in [1.165, 1.54) is 12.0 Å². The highest BCUT2D eigenvalue weighted by Gasteiger charge is 2.16. The number of benzene rings is 1. The molecule has 0 atom stereocenters. The molecule has 1 N–H and O–H groups in total. The number of hydrogen-bond acceptors (Lipinski definition) is 5. The fraction of sp³-hybridized carbons (Fsp3) is 0.500. The molecule has 1 aromatic rings. The highest BCUT2D eigenvalue weighted by Crippen LogP contribution is 2.22. The molecule has 0 saturated heterocycles. The lowest BCUT2D eigenvalue weighted by Gasteiger charge is -2.22. The average molecular weight is 309 g/mol. The van der Waals surface area contributed by atoms with Gasteiger partial charge in [0.2, 0.25) is 0 Å². The molecule has 6 heteroatoms. The van der Waals surface area contributed by atoms with Crippen LogP contribution in [0.5, 0.6) is 5.75 Å². The number of aliphatic hydroxyl groups excluding tert-OH is 1. The van der Waals surface area contributed by atoms with Gasteiger partial charge >= 0.3 is 5.97 Å². The van der Waals surface area contributed by atoms with E-state index in [9.17, 15) is 9.59 Å². The summed E-state index contributed by atoms with van der Waals surface area (Å²) in [5.74, 6) is 0.0137. The van der Waals surface area contributed by atoms with E-state index in [0.29, 0.717) is 5.75 Å². The lowest BCUT2D eigenvalue weighted by Crippen LogP contribution is -2.38. The van der Waals surface area contributed by atoms with Gasteiger partial charge in [0.15, 0.2) is 6.61 Å². The Kier molecular flexibility index (Phi) is 7.39. The molecule has 1 amide bonds. The Hall–Kier alpha value is -2.08. The molecule has 6 nitrogen and oxygen atoms in total. The monoisotopic (exact) mass is 309 g/mol. The fourth-order valence-corrected chi connectivity index (χ4v) is 2.06. The molecule has 122 valence electrons. The van der Waals surface area contributed by atoms with Crippen molar-refractivity contribution in [3.63, 3.8) is 0 Å². The van der Waals surface area contributed by atoms with Crippen molar-refractivity contribution in [3.05, 3.63) is 29.3 Å². The summed E-state index contributed by atoms with van der Waals surface area (Å²) >= 11 is 0. The van der Waals surface area contributed by atoms with Crippen LogP contribution in [-0.2, 0) is 14.3 Å². The molecule has 0 radical (unpaired) electrons. The zero-order valence-corrected chi connectivity index (χ0v) is 13.3. The first-order valence-corrected chi connectivity index (χ1v) is 7.14. The van der Waals surface area contributed by atoms with Gasteiger partial charge in [0, 0.05) is 13.1 Å². The number of aryl methyl sites for hydroxylation is 2. The molecular formula is C16H23NO5. The van der Waals surface area contributed by atoms with Crippen molar-refractivity contribution in [3.8, 4) is 5.75 Å². The van der Waals surface area contributed by atoms with E-state index >= 15 is 0 Å². The summed E-state index contributed by atoms with van der Waals surface area (Å²) in [4.78, 5) is 24.7. The van der Waals surface area contributed by atoms with Crippen molar-refractivity contribution in [1.29, 1.82) is 0 Å². The molecule has 1 rings (SSSR count). The van der Waals surface area contributed by atoms with Crippen LogP contribution in [-0.4, -0.2) is 55.3 Å². The summed E-state index contributed by atoms with van der Waals surface area (Å²) in [6, 6.07) is 5.75. The number of esters is 1. The predicted molar refractivity (Wildman–Crippen MR) is 81.7 cm³/mol. The molecule has 0 aliphatic heterocycles. The van der Waals surface area contributed by atoms with E-state index < -0.39 is 5.97 Å². The van der Waals surface area contributed by atoms with E-state index in [1.54, 1.807) is 0 Å². The third kappa shape index (κ3) is 5.37. The molecular weight excluding hydrogens is 286 g/mol. The van der Waals surface area contributed by atoms with Crippen LogP contribution in [0.4, 0.5) is 0 Å². The summed E-state index contributed by atoms with van der Waals surface area (Å²) in [6.07, 6.45) is 0.0889. The van der Waals surface area contributed by atoms with Crippen LogP contribution >= 0.6 is 0 Å². The minimum Gasteiger partial charge on any atom is -0.483 e. The predicted octanol–water partition coefficient (Wildman–Crippen LogP) is 1.07. The van der Waals surface area contributed by atoms with Crippen molar-refractivity contribution in [2.75, 3.05) is 33.4 Å². The van der Waals surface area contributed by atoms with Crippen molar-refractivity contribution >= 4 is 11.9 Å². The highest BCUT2D eigenvalue weighted by molar-refractivity contribution is 5.78. The third-order valence-electron chi connectivity index (χ3n) is 3.28. The molecule has 0 bridgehead atoms. The van der Waals surface area contributed by atoms with Gasteiger partial charge < -0.3 is 19.5 Å². The molecule has 0 aromatic heterocycles. The van der Waals surface area contributed by atoms with E-state index in [0.717, 1.165) is 11.1 Å². The van der Waals surface area contributed by atoms with Crippen molar-refractivity contribution in [1.82, 2.24) is 4.90 Å². The highest BCUT2D eigenvalue weighted by atomic mass is 16.5. The lowest BCUT2D eigenvalue weighted by atomic mass is 10.1. The first kappa shape index (κ1) is 18.0. The minimum absolute atomic E-state index is 0.0889. The van der Waals surface area contributed by atoms with Gasteiger partial charge in [0.1, 0.15) is 5.75 Å². The Balaban J connectivity index is 2.61. The quantitative estimate of drug-likeness (QED) is 0.727. The van der Waals surface area contributed by atoms with E-state index in [2.05, 4.69) is 4.74 Å². The molecule has 0 fully saturated rings. The van der Waals surface area contributed by atoms with Gasteiger partial charge in [-0.2, -0.15) is 0 Å². The first-order valence-electron chi connectivity index (χ1n) is 7.14. The maximum atomic E-state index is 12.2. The van der Waals surface area contributed by atoms with Crippen LogP contribution in [0.25, 0.3) is 0 Å². The number of amides is 1. The minimum atomic E-state index is -0.397. The first-order chi connectivity index (χ1) is 10.5. The normalized spacial score (nSPS) is 10.2. The van der Waals surface area contributed by atoms with Crippen LogP contribution in [0.1, 0.15) is 17.5 Å². The maximum absolute atomic E-state index is 12.2. The Bertz CT molecular complexity index is 495. The Morgan fingerprint density at radius 1 is 1.18 bits per heavy atom. The van der Waals surface area contributed by atoms with Gasteiger partial charge in [0.25, 0.3) is 5.91 Å². The molecule has 0 aliphatic carbocycles. The topological polar surface area (TPSA) is 76.1 Å². The Morgan fingerprint density at radius 3 is 2.36 bits per heavy atom. The number of ether oxygens (including phenoxy) is 2. The van der Waals surface area contributed by atoms with E-state index in [1.807, 2.05) is 32.0 Å². The maximum Gasteiger partial charge on any atom is 0.307 e. The molecule has 0 unspecified atom stereocenters. The molecule has 0 aliphatic rings. The fourth-order valence-electron chi connectivity index (χ4n) is 2.06. The van der Waals surface area contributed by atoms with Crippen LogP contribution in [0, 0.1) is 13.8 Å². The van der Waals surface area contributed by atoms with Gasteiger partial charge in [-0.3, -0.25) is 9.59 Å². The number of aliphatic hydroxyl groups is 1. The number of carbonyl (C=O) groups excluding carboxylic acids is 2. The van der Waals surface area contributed by atoms with E-state index in [-0.39, 0.29) is 38.6 Å². The molecule has 0 spiro atoms. The van der Waals surface area contributed by atoms with Crippen LogP contribution in [0.2, 0.25) is 0 Å². The molecule has 1 aromatic carbocycles. The number of methoxy groups -OCH3 is 1. The molecule has 0 heterocycles. The van der Waals surface area contributed by atoms with Crippen molar-refractivity contribution in [2.45, 2.75) is 20.3 Å². The zero-order chi connectivity index (χ0) is 16.5. The summed E-state index contributed by atoms with van der Waals surface area (Å²) in [5, 5.41) is 9.03. The van der Waals surface area contributed by atoms with Gasteiger partial charge in [-0.05, 0) is 25.0 Å². The summed E-state index contributed by atoms with van der Waals surface area (Å²) < 4.78 is 10.1. The van der Waals surface area contributed by atoms with Crippen LogP contribution < -0.4 is 4.74 Å². The summed E-state index contributed by atoms with van der Waals surface area (Å²) in [6.45, 7) is 3.88. The van der Waals surface area contributed by atoms with Crippen LogP contribution in [0.3, 0.4) is 0 Å². The summed E-state index contributed by atoms with van der Waals surface area (Å²) in [5.41, 5.74) is 1.91. The summed E-state index contributed by atoms with van der Waals surface area (Å²) in [7, 11) is 1.30. The smallest absolute Gasteiger partial charge is 0.307 e. The standard InChI is InChI=1S/C16H23NO5/c1-12-5-4-6-13(2)16(12)22-11-14(19)17(9-10-18)8-7-15(20)21-3/h4-6,18H,7-11H2,1-3H3. The largest absolute Gasteiger partial charge is 0.483 e. The Labute approximate surface area is 130 Å². The molecule has 0 saturated carbocycles.